The molecule has 1 aromatic carbocycles. The van der Waals surface area contributed by atoms with Crippen LogP contribution in [0.5, 0.6) is 5.75 Å². The van der Waals surface area contributed by atoms with Crippen molar-refractivity contribution in [3.63, 3.8) is 0 Å². The maximum absolute atomic E-state index is 12.8. The van der Waals surface area contributed by atoms with Gasteiger partial charge in [-0.3, -0.25) is 0 Å². The lowest BCUT2D eigenvalue weighted by Gasteiger charge is -2.12. The van der Waals surface area contributed by atoms with Gasteiger partial charge in [0.05, 0.1) is 5.56 Å². The number of halogens is 7. The third-order valence-electron chi connectivity index (χ3n) is 1.73. The minimum absolute atomic E-state index is 0.143. The summed E-state index contributed by atoms with van der Waals surface area (Å²) in [6.07, 6.45) is -5.20. The topological polar surface area (TPSA) is 43.4 Å². The van der Waals surface area contributed by atoms with E-state index in [9.17, 15) is 39.2 Å². The first-order chi connectivity index (χ1) is 8.34. The van der Waals surface area contributed by atoms with Crippen molar-refractivity contribution < 1.29 is 43.3 Å². The van der Waals surface area contributed by atoms with E-state index >= 15 is 0 Å². The predicted molar refractivity (Wildman–Crippen MR) is 47.0 cm³/mol. The molecule has 0 saturated carbocycles. The smallest absolute Gasteiger partial charge is 0.376 e. The molecule has 0 aliphatic carbocycles. The average molecular weight is 312 g/mol. The minimum atomic E-state index is -6.12. The van der Waals surface area contributed by atoms with Crippen molar-refractivity contribution in [3.05, 3.63) is 29.6 Å². The van der Waals surface area contributed by atoms with E-state index in [1.165, 1.54) is 0 Å². The largest absolute Gasteiger partial charge is 0.534 e. The molecule has 1 aromatic rings. The van der Waals surface area contributed by atoms with Gasteiger partial charge in [-0.25, -0.2) is 4.39 Å². The lowest BCUT2D eigenvalue weighted by atomic mass is 10.2. The Morgan fingerprint density at radius 2 is 1.53 bits per heavy atom. The van der Waals surface area contributed by atoms with Crippen LogP contribution in [-0.2, 0) is 16.3 Å². The van der Waals surface area contributed by atoms with Crippen molar-refractivity contribution in [3.8, 4) is 5.75 Å². The zero-order valence-electron chi connectivity index (χ0n) is 8.51. The molecule has 0 radical (unpaired) electrons. The summed E-state index contributed by atoms with van der Waals surface area (Å²) in [6, 6.07) is 0.288. The quantitative estimate of drug-likeness (QED) is 0.479. The van der Waals surface area contributed by atoms with Crippen molar-refractivity contribution >= 4 is 10.1 Å². The summed E-state index contributed by atoms with van der Waals surface area (Å²) in [5.74, 6) is -3.07. The normalized spacial score (nSPS) is 13.4. The molecule has 0 spiro atoms. The third kappa shape index (κ3) is 3.49. The molecule has 0 bridgehead atoms. The van der Waals surface area contributed by atoms with E-state index in [0.29, 0.717) is 6.07 Å². The Balaban J connectivity index is 3.20. The molecule has 0 N–H and O–H groups in total. The third-order valence-corrected chi connectivity index (χ3v) is 2.71. The summed E-state index contributed by atoms with van der Waals surface area (Å²) in [5.41, 5.74) is -7.75. The van der Waals surface area contributed by atoms with E-state index in [1.54, 1.807) is 0 Å². The lowest BCUT2D eigenvalue weighted by Crippen LogP contribution is -2.28. The van der Waals surface area contributed by atoms with Gasteiger partial charge in [0.2, 0.25) is 0 Å². The number of hydrogen-bond donors (Lipinski definition) is 0. The first-order valence-electron chi connectivity index (χ1n) is 4.22. The molecule has 0 atom stereocenters. The maximum atomic E-state index is 12.8. The summed E-state index contributed by atoms with van der Waals surface area (Å²) in [6.45, 7) is 0. The van der Waals surface area contributed by atoms with Crippen LogP contribution >= 0.6 is 0 Å². The summed E-state index contributed by atoms with van der Waals surface area (Å²) in [4.78, 5) is 0. The van der Waals surface area contributed by atoms with E-state index in [2.05, 4.69) is 4.18 Å². The number of rotatable bonds is 2. The predicted octanol–water partition coefficient (Wildman–Crippen LogP) is 3.07. The molecule has 0 heterocycles. The van der Waals surface area contributed by atoms with E-state index < -0.39 is 38.9 Å². The number of hydrogen-bond acceptors (Lipinski definition) is 3. The highest BCUT2D eigenvalue weighted by molar-refractivity contribution is 7.87. The molecular formula is C8H3F7O3S. The average Bonchev–Trinajstić information content (AvgIpc) is 2.17. The van der Waals surface area contributed by atoms with Crippen molar-refractivity contribution in [2.24, 2.45) is 0 Å². The van der Waals surface area contributed by atoms with E-state index in [4.69, 9.17) is 0 Å². The van der Waals surface area contributed by atoms with Gasteiger partial charge < -0.3 is 4.18 Å². The van der Waals surface area contributed by atoms with Crippen LogP contribution in [0.4, 0.5) is 30.7 Å². The fourth-order valence-electron chi connectivity index (χ4n) is 0.947. The van der Waals surface area contributed by atoms with E-state index in [0.717, 1.165) is 0 Å². The van der Waals surface area contributed by atoms with Gasteiger partial charge in [-0.1, -0.05) is 0 Å². The molecule has 11 heteroatoms. The van der Waals surface area contributed by atoms with Gasteiger partial charge >= 0.3 is 21.8 Å². The number of benzene rings is 1. The molecule has 0 aliphatic heterocycles. The van der Waals surface area contributed by atoms with Crippen LogP contribution in [0.3, 0.4) is 0 Å². The highest BCUT2D eigenvalue weighted by Crippen LogP contribution is 2.35. The Bertz CT molecular complexity index is 573. The van der Waals surface area contributed by atoms with Crippen molar-refractivity contribution in [1.29, 1.82) is 0 Å². The van der Waals surface area contributed by atoms with Crippen LogP contribution in [-0.4, -0.2) is 13.9 Å². The Hall–Kier alpha value is -1.52. The Morgan fingerprint density at radius 3 is 1.95 bits per heavy atom. The Kier molecular flexibility index (Phi) is 3.72. The van der Waals surface area contributed by atoms with Crippen LogP contribution in [0, 0.1) is 5.82 Å². The fraction of sp³-hybridized carbons (Fsp3) is 0.250. The van der Waals surface area contributed by atoms with Gasteiger partial charge in [-0.2, -0.15) is 34.8 Å². The molecule has 0 unspecified atom stereocenters. The number of alkyl halides is 6. The SMILES string of the molecule is O=S(=O)(Oc1ccc(F)c(C(F)(F)F)c1)C(F)(F)F. The van der Waals surface area contributed by atoms with Crippen LogP contribution < -0.4 is 4.18 Å². The molecule has 108 valence electrons. The van der Waals surface area contributed by atoms with Crippen LogP contribution in [0.15, 0.2) is 18.2 Å². The van der Waals surface area contributed by atoms with Gasteiger partial charge in [-0.15, -0.1) is 0 Å². The van der Waals surface area contributed by atoms with Gasteiger partial charge in [0.15, 0.2) is 0 Å². The van der Waals surface area contributed by atoms with Crippen LogP contribution in [0.25, 0.3) is 0 Å². The van der Waals surface area contributed by atoms with Crippen molar-refractivity contribution in [2.75, 3.05) is 0 Å². The summed E-state index contributed by atoms with van der Waals surface area (Å²) >= 11 is 0. The second kappa shape index (κ2) is 4.54. The first-order valence-corrected chi connectivity index (χ1v) is 5.63. The van der Waals surface area contributed by atoms with Gasteiger partial charge in [0.1, 0.15) is 11.6 Å². The van der Waals surface area contributed by atoms with Crippen LogP contribution in [0.2, 0.25) is 0 Å². The van der Waals surface area contributed by atoms with E-state index in [-0.39, 0.29) is 12.1 Å². The van der Waals surface area contributed by atoms with Gasteiger partial charge in [0, 0.05) is 0 Å². The summed E-state index contributed by atoms with van der Waals surface area (Å²) in [7, 11) is -6.12. The molecule has 0 amide bonds. The lowest BCUT2D eigenvalue weighted by molar-refractivity contribution is -0.140. The Labute approximate surface area is 101 Å². The highest BCUT2D eigenvalue weighted by Gasteiger charge is 2.48. The maximum Gasteiger partial charge on any atom is 0.534 e. The van der Waals surface area contributed by atoms with Crippen LogP contribution in [0.1, 0.15) is 5.56 Å². The standard InChI is InChI=1S/C8H3F7O3S/c9-6-2-1-4(3-5(6)7(10,11)12)18-19(16,17)8(13,14)15/h1-3H. The summed E-state index contributed by atoms with van der Waals surface area (Å²) in [5, 5.41) is 0. The molecule has 0 aromatic heterocycles. The zero-order valence-corrected chi connectivity index (χ0v) is 9.33. The fourth-order valence-corrected chi connectivity index (χ4v) is 1.40. The minimum Gasteiger partial charge on any atom is -0.376 e. The molecule has 19 heavy (non-hydrogen) atoms. The molecule has 1 rings (SSSR count). The summed E-state index contributed by atoms with van der Waals surface area (Å²) < 4.78 is 110. The van der Waals surface area contributed by atoms with Crippen molar-refractivity contribution in [2.45, 2.75) is 11.7 Å². The van der Waals surface area contributed by atoms with Crippen molar-refractivity contribution in [1.82, 2.24) is 0 Å². The molecule has 0 saturated heterocycles. The zero-order chi connectivity index (χ0) is 15.1. The molecule has 3 nitrogen and oxygen atoms in total. The highest BCUT2D eigenvalue weighted by atomic mass is 32.2. The first kappa shape index (κ1) is 15.5. The monoisotopic (exact) mass is 312 g/mol. The van der Waals surface area contributed by atoms with E-state index in [1.807, 2.05) is 0 Å². The Morgan fingerprint density at radius 1 is 1.00 bits per heavy atom. The second-order valence-corrected chi connectivity index (χ2v) is 4.66. The van der Waals surface area contributed by atoms with Gasteiger partial charge in [0.25, 0.3) is 0 Å². The molecule has 0 fully saturated rings. The molecular weight excluding hydrogens is 309 g/mol. The molecule has 0 aliphatic rings. The van der Waals surface area contributed by atoms with Gasteiger partial charge in [-0.05, 0) is 18.2 Å². The second-order valence-electron chi connectivity index (χ2n) is 3.12.